The molecule has 0 amide bonds. The van der Waals surface area contributed by atoms with Crippen molar-refractivity contribution < 1.29 is 17.9 Å². The summed E-state index contributed by atoms with van der Waals surface area (Å²) in [5, 5.41) is 16.4. The van der Waals surface area contributed by atoms with Crippen molar-refractivity contribution in [1.29, 1.82) is 0 Å². The van der Waals surface area contributed by atoms with E-state index in [2.05, 4.69) is 25.5 Å². The average molecular weight is 487 g/mol. The van der Waals surface area contributed by atoms with E-state index in [1.54, 1.807) is 29.9 Å². The highest BCUT2D eigenvalue weighted by Gasteiger charge is 2.43. The van der Waals surface area contributed by atoms with Crippen molar-refractivity contribution in [3.05, 3.63) is 36.0 Å². The van der Waals surface area contributed by atoms with Crippen LogP contribution in [0.25, 0.3) is 22.2 Å². The molecule has 6 rings (SSSR count). The zero-order valence-electron chi connectivity index (χ0n) is 19.6. The van der Waals surface area contributed by atoms with Crippen molar-refractivity contribution in [2.75, 3.05) is 38.2 Å². The van der Waals surface area contributed by atoms with Gasteiger partial charge in [-0.3, -0.25) is 4.68 Å². The van der Waals surface area contributed by atoms with Gasteiger partial charge in [-0.15, -0.1) is 10.2 Å². The predicted molar refractivity (Wildman–Crippen MR) is 126 cm³/mol. The molecule has 2 saturated heterocycles. The number of hydrogen-bond donors (Lipinski definition) is 1. The monoisotopic (exact) mass is 486 g/mol. The van der Waals surface area contributed by atoms with Gasteiger partial charge in [0.25, 0.3) is 0 Å². The van der Waals surface area contributed by atoms with Gasteiger partial charge in [-0.2, -0.15) is 18.3 Å². The molecule has 1 aromatic carbocycles. The third-order valence-corrected chi connectivity index (χ3v) is 7.72. The normalized spacial score (nSPS) is 27.1. The average Bonchev–Trinajstić information content (AvgIpc) is 3.57. The first-order chi connectivity index (χ1) is 16.8. The summed E-state index contributed by atoms with van der Waals surface area (Å²) in [4.78, 5) is 2.51. The summed E-state index contributed by atoms with van der Waals surface area (Å²) in [5.41, 5.74) is 0.788. The van der Waals surface area contributed by atoms with E-state index in [1.165, 1.54) is 0 Å². The molecule has 1 aliphatic carbocycles. The van der Waals surface area contributed by atoms with Gasteiger partial charge in [-0.25, -0.2) is 0 Å². The first kappa shape index (κ1) is 22.7. The molecule has 2 aromatic heterocycles. The van der Waals surface area contributed by atoms with Crippen LogP contribution < -0.4 is 5.32 Å². The molecule has 3 aliphatic rings. The molecule has 0 spiro atoms. The van der Waals surface area contributed by atoms with E-state index in [4.69, 9.17) is 4.74 Å². The van der Waals surface area contributed by atoms with Gasteiger partial charge < -0.3 is 15.0 Å². The van der Waals surface area contributed by atoms with Crippen molar-refractivity contribution in [2.24, 2.45) is 24.8 Å². The lowest BCUT2D eigenvalue weighted by Crippen LogP contribution is -2.30. The molecule has 3 aromatic rings. The Morgan fingerprint density at radius 2 is 1.91 bits per heavy atom. The number of nitrogens with zero attached hydrogens (tertiary/aromatic N) is 5. The van der Waals surface area contributed by atoms with Gasteiger partial charge in [-0.1, -0.05) is 6.07 Å². The Bertz CT molecular complexity index is 1210. The smallest absolute Gasteiger partial charge is 0.381 e. The van der Waals surface area contributed by atoms with Gasteiger partial charge in [0.1, 0.15) is 5.56 Å². The Morgan fingerprint density at radius 1 is 1.11 bits per heavy atom. The fraction of sp³-hybridized carbons (Fsp3) is 0.560. The van der Waals surface area contributed by atoms with Crippen LogP contribution in [0.3, 0.4) is 0 Å². The number of hydrogen-bond acceptors (Lipinski definition) is 6. The lowest BCUT2D eigenvalue weighted by atomic mass is 10.0. The van der Waals surface area contributed by atoms with E-state index < -0.39 is 11.7 Å². The Kier molecular flexibility index (Phi) is 5.68. The highest BCUT2D eigenvalue weighted by atomic mass is 19.4. The Morgan fingerprint density at radius 3 is 2.63 bits per heavy atom. The second-order valence-corrected chi connectivity index (χ2v) is 10.3. The molecule has 2 unspecified atom stereocenters. The minimum Gasteiger partial charge on any atom is -0.381 e. The summed E-state index contributed by atoms with van der Waals surface area (Å²) in [6.07, 6.45) is 0.148. The number of aryl methyl sites for hydroxylation is 1. The standard InChI is InChI=1S/C25H29F3N6O/c1-33-11-19-6-16(2-3-22(19)32-33)23-9-21(25(26,27)28)24(31-30-23)29-20-7-17-12-34(13-18(17)8-20)10-15-4-5-35-14-15/h2-3,6,9,11,15,17-18,20H,4-5,7-8,10,12-14H2,1H3,(H,29,31)/t15-,17?,18?,20?/m1/s1. The van der Waals surface area contributed by atoms with E-state index in [-0.39, 0.29) is 17.6 Å². The maximum atomic E-state index is 14.0. The lowest BCUT2D eigenvalue weighted by molar-refractivity contribution is -0.137. The molecule has 2 aliphatic heterocycles. The van der Waals surface area contributed by atoms with Crippen molar-refractivity contribution in [1.82, 2.24) is 24.9 Å². The lowest BCUT2D eigenvalue weighted by Gasteiger charge is -2.23. The first-order valence-corrected chi connectivity index (χ1v) is 12.3. The van der Waals surface area contributed by atoms with Crippen LogP contribution in [-0.2, 0) is 18.0 Å². The number of fused-ring (bicyclic) bond motifs is 2. The zero-order valence-corrected chi connectivity index (χ0v) is 19.6. The van der Waals surface area contributed by atoms with Crippen LogP contribution in [0, 0.1) is 17.8 Å². The second-order valence-electron chi connectivity index (χ2n) is 10.3. The number of benzene rings is 1. The number of rotatable bonds is 5. The molecule has 0 radical (unpaired) electrons. The van der Waals surface area contributed by atoms with Crippen molar-refractivity contribution in [3.63, 3.8) is 0 Å². The molecule has 3 atom stereocenters. The highest BCUT2D eigenvalue weighted by Crippen LogP contribution is 2.42. The van der Waals surface area contributed by atoms with Crippen molar-refractivity contribution >= 4 is 16.7 Å². The number of anilines is 1. The van der Waals surface area contributed by atoms with Crippen LogP contribution in [0.1, 0.15) is 24.8 Å². The van der Waals surface area contributed by atoms with E-state index in [0.717, 1.165) is 69.1 Å². The van der Waals surface area contributed by atoms with Crippen LogP contribution in [0.5, 0.6) is 0 Å². The molecule has 4 heterocycles. The number of likely N-dealkylation sites (tertiary alicyclic amines) is 1. The van der Waals surface area contributed by atoms with E-state index in [1.807, 2.05) is 6.20 Å². The molecule has 0 bridgehead atoms. The molecule has 3 fully saturated rings. The van der Waals surface area contributed by atoms with Gasteiger partial charge in [0.2, 0.25) is 0 Å². The van der Waals surface area contributed by atoms with Gasteiger partial charge in [0.15, 0.2) is 5.82 Å². The third kappa shape index (κ3) is 4.61. The zero-order chi connectivity index (χ0) is 24.2. The van der Waals surface area contributed by atoms with Crippen LogP contribution in [0.4, 0.5) is 19.0 Å². The predicted octanol–water partition coefficient (Wildman–Crippen LogP) is 4.21. The molecule has 10 heteroatoms. The first-order valence-electron chi connectivity index (χ1n) is 12.3. The van der Waals surface area contributed by atoms with Crippen LogP contribution >= 0.6 is 0 Å². The SMILES string of the molecule is Cn1cc2cc(-c3cc(C(F)(F)F)c(NC4CC5CN(C[C@H]6CCOC6)CC5C4)nn3)ccc2n1. The maximum Gasteiger partial charge on any atom is 0.420 e. The topological polar surface area (TPSA) is 68.1 Å². The minimum atomic E-state index is -4.53. The molecule has 1 saturated carbocycles. The summed E-state index contributed by atoms with van der Waals surface area (Å²) in [5.74, 6) is 1.48. The summed E-state index contributed by atoms with van der Waals surface area (Å²) < 4.78 is 49.2. The summed E-state index contributed by atoms with van der Waals surface area (Å²) in [6, 6.07) is 6.39. The molecular formula is C25H29F3N6O. The van der Waals surface area contributed by atoms with Gasteiger partial charge in [0.05, 0.1) is 17.8 Å². The number of aromatic nitrogens is 4. The van der Waals surface area contributed by atoms with Crippen molar-refractivity contribution in [3.8, 4) is 11.3 Å². The van der Waals surface area contributed by atoms with Gasteiger partial charge >= 0.3 is 6.18 Å². The quantitative estimate of drug-likeness (QED) is 0.583. The summed E-state index contributed by atoms with van der Waals surface area (Å²) in [6.45, 7) is 4.82. The Hall–Kier alpha value is -2.72. The van der Waals surface area contributed by atoms with Gasteiger partial charge in [-0.05, 0) is 55.2 Å². The Balaban J connectivity index is 1.17. The molecule has 35 heavy (non-hydrogen) atoms. The van der Waals surface area contributed by atoms with E-state index >= 15 is 0 Å². The van der Waals surface area contributed by atoms with Gasteiger partial charge in [0, 0.05) is 56.5 Å². The van der Waals surface area contributed by atoms with Crippen LogP contribution in [-0.4, -0.2) is 63.8 Å². The largest absolute Gasteiger partial charge is 0.420 e. The highest BCUT2D eigenvalue weighted by molar-refractivity contribution is 5.83. The van der Waals surface area contributed by atoms with Crippen molar-refractivity contribution in [2.45, 2.75) is 31.5 Å². The summed E-state index contributed by atoms with van der Waals surface area (Å²) >= 11 is 0. The van der Waals surface area contributed by atoms with E-state index in [9.17, 15) is 13.2 Å². The van der Waals surface area contributed by atoms with Crippen LogP contribution in [0.15, 0.2) is 30.5 Å². The Labute approximate surface area is 201 Å². The fourth-order valence-corrected chi connectivity index (χ4v) is 6.11. The number of halogens is 3. The van der Waals surface area contributed by atoms with E-state index in [0.29, 0.717) is 23.3 Å². The fourth-order valence-electron chi connectivity index (χ4n) is 6.11. The van der Waals surface area contributed by atoms with Crippen LogP contribution in [0.2, 0.25) is 0 Å². The molecule has 186 valence electrons. The minimum absolute atomic E-state index is 0.0186. The molecule has 1 N–H and O–H groups in total. The summed E-state index contributed by atoms with van der Waals surface area (Å²) in [7, 11) is 1.81. The molecular weight excluding hydrogens is 457 g/mol. The molecule has 7 nitrogen and oxygen atoms in total. The third-order valence-electron chi connectivity index (χ3n) is 7.72. The number of ether oxygens (including phenoxy) is 1. The second kappa shape index (κ2) is 8.74. The number of alkyl halides is 3. The number of nitrogens with one attached hydrogen (secondary N) is 1. The maximum absolute atomic E-state index is 14.0.